The summed E-state index contributed by atoms with van der Waals surface area (Å²) in [5, 5.41) is 20.0. The first-order valence-corrected chi connectivity index (χ1v) is 16.3. The molecule has 1 aliphatic rings. The minimum atomic E-state index is -4.50. The molecular weight excluding hydrogens is 827 g/mol. The van der Waals surface area contributed by atoms with Crippen LogP contribution >= 0.6 is 0 Å². The summed E-state index contributed by atoms with van der Waals surface area (Å²) >= 11 is 2.44. The molecule has 15 heteroatoms. The van der Waals surface area contributed by atoms with E-state index < -0.39 is 35.7 Å². The first-order valence-electron chi connectivity index (χ1n) is 15.1. The molecule has 5 rings (SSSR count). The average molecular weight is 862 g/mol. The summed E-state index contributed by atoms with van der Waals surface area (Å²) in [6.45, 7) is 0.384. The minimum absolute atomic E-state index is 0.166. The van der Waals surface area contributed by atoms with Gasteiger partial charge in [0.1, 0.15) is 0 Å². The Morgan fingerprint density at radius 2 is 1.08 bits per heavy atom. The van der Waals surface area contributed by atoms with E-state index in [9.17, 15) is 36.6 Å². The van der Waals surface area contributed by atoms with Crippen molar-refractivity contribution in [1.29, 1.82) is 0 Å². The summed E-state index contributed by atoms with van der Waals surface area (Å²) in [6, 6.07) is 29.7. The molecule has 0 radical (unpaired) electrons. The molecule has 0 bridgehead atoms. The van der Waals surface area contributed by atoms with E-state index in [-0.39, 0.29) is 31.3 Å². The van der Waals surface area contributed by atoms with E-state index in [1.165, 1.54) is 9.83 Å². The van der Waals surface area contributed by atoms with Crippen LogP contribution in [0.3, 0.4) is 0 Å². The predicted octanol–water partition coefficient (Wildman–Crippen LogP) is 6.51. The molecule has 0 saturated carbocycles. The van der Waals surface area contributed by atoms with Gasteiger partial charge in [-0.2, -0.15) is 26.3 Å². The fourth-order valence-electron chi connectivity index (χ4n) is 5.46. The van der Waals surface area contributed by atoms with Gasteiger partial charge < -0.3 is 10.2 Å². The third-order valence-corrected chi connectivity index (χ3v) is 9.00. The monoisotopic (exact) mass is 862 g/mol. The van der Waals surface area contributed by atoms with Gasteiger partial charge in [-0.15, -0.1) is 0 Å². The summed E-state index contributed by atoms with van der Waals surface area (Å²) in [4.78, 5) is 9.30. The Kier molecular flexibility index (Phi) is 12.6. The van der Waals surface area contributed by atoms with E-state index >= 15 is 0 Å². The van der Waals surface area contributed by atoms with Gasteiger partial charge in [0.15, 0.2) is 0 Å². The number of rotatable bonds is 8. The summed E-state index contributed by atoms with van der Waals surface area (Å²) < 4.78 is 76.1. The number of hydrogen-bond acceptors (Lipinski definition) is 6. The van der Waals surface area contributed by atoms with Crippen molar-refractivity contribution in [2.24, 2.45) is 0 Å². The van der Waals surface area contributed by atoms with Gasteiger partial charge >= 0.3 is 169 Å². The average Bonchev–Trinajstić information content (AvgIpc) is 3.38. The third-order valence-electron chi connectivity index (χ3n) is 7.90. The number of para-hydroxylation sites is 2. The zero-order valence-corrected chi connectivity index (χ0v) is 29.4. The van der Waals surface area contributed by atoms with Crippen molar-refractivity contribution in [3.05, 3.63) is 131 Å². The van der Waals surface area contributed by atoms with Crippen molar-refractivity contribution in [3.8, 4) is 0 Å². The second-order valence-electron chi connectivity index (χ2n) is 11.8. The van der Waals surface area contributed by atoms with Crippen LogP contribution < -0.4 is 9.62 Å². The van der Waals surface area contributed by atoms with E-state index in [4.69, 9.17) is 0 Å². The normalized spacial score (nSPS) is 15.1. The number of alkyl halides is 6. The van der Waals surface area contributed by atoms with E-state index in [2.05, 4.69) is 115 Å². The zero-order valence-electron chi connectivity index (χ0n) is 27.1. The molecular formula is C34H35B2F6N4O2Pt-. The second-order valence-corrected chi connectivity index (χ2v) is 12.8. The van der Waals surface area contributed by atoms with Crippen molar-refractivity contribution >= 4 is 29.3 Å². The number of aliphatic hydroxyl groups is 2. The first kappa shape index (κ1) is 38.4. The van der Waals surface area contributed by atoms with Crippen LogP contribution in [0, 0.1) is 6.07 Å². The molecule has 2 atom stereocenters. The molecule has 1 heterocycles. The van der Waals surface area contributed by atoms with Gasteiger partial charge in [0.25, 0.3) is 0 Å². The fourth-order valence-corrected chi connectivity index (χ4v) is 6.63. The van der Waals surface area contributed by atoms with Gasteiger partial charge in [-0.3, -0.25) is 0 Å². The van der Waals surface area contributed by atoms with Crippen LogP contribution in [0.2, 0.25) is 0 Å². The maximum absolute atomic E-state index is 12.5. The number of hydrogen-bond donors (Lipinski definition) is 2. The Bertz CT molecular complexity index is 1530. The number of nitrogens with zero attached hydrogens (tertiary/aromatic N) is 4. The molecule has 2 unspecified atom stereocenters. The molecule has 0 aliphatic carbocycles. The maximum atomic E-state index is 12.5. The molecule has 49 heavy (non-hydrogen) atoms. The van der Waals surface area contributed by atoms with Crippen molar-refractivity contribution < 1.29 is 55.9 Å². The van der Waals surface area contributed by atoms with Gasteiger partial charge in [-0.25, -0.2) is 0 Å². The van der Waals surface area contributed by atoms with Crippen molar-refractivity contribution in [2.75, 3.05) is 37.8 Å². The summed E-state index contributed by atoms with van der Waals surface area (Å²) in [5.74, 6) is 0. The van der Waals surface area contributed by atoms with Crippen LogP contribution in [-0.4, -0.2) is 65.9 Å². The summed E-state index contributed by atoms with van der Waals surface area (Å²) in [7, 11) is 8.55. The Balaban J connectivity index is 0.000000221. The standard InChI is InChI=1S/C17H21B2N4.C17H14F6O2.Pt/c1-20(2)18-19(21(3)4)23(17-13-9-6-10-14-17)15-22(18)16-11-7-5-8-12-16;18-16(19,20)12-5-1-10(2-6-12)14(24)9-15(25)11-3-7-13(8-4-11)17(21,22)23;/h5-13H,1-4H3;1-8,14-15,24-25H,9H2;/q-1;;. The van der Waals surface area contributed by atoms with Gasteiger partial charge in [0, 0.05) is 6.42 Å². The van der Waals surface area contributed by atoms with E-state index in [1.807, 2.05) is 12.1 Å². The third kappa shape index (κ3) is 9.43. The number of halogens is 6. The molecule has 6 nitrogen and oxygen atoms in total. The molecule has 262 valence electrons. The molecule has 1 aliphatic heterocycles. The molecule has 0 amide bonds. The van der Waals surface area contributed by atoms with Crippen LogP contribution in [0.4, 0.5) is 37.7 Å². The fraction of sp³-hybridized carbons (Fsp3) is 0.265. The Morgan fingerprint density at radius 3 is 1.47 bits per heavy atom. The van der Waals surface area contributed by atoms with Crippen LogP contribution in [0.1, 0.15) is 40.9 Å². The molecule has 1 saturated heterocycles. The first-order chi connectivity index (χ1) is 23.0. The Hall–Kier alpha value is -3.41. The van der Waals surface area contributed by atoms with Gasteiger partial charge in [0.05, 0.1) is 23.3 Å². The van der Waals surface area contributed by atoms with Gasteiger partial charge in [-0.05, 0) is 35.4 Å². The summed E-state index contributed by atoms with van der Waals surface area (Å²) in [6.07, 6.45) is -11.8. The van der Waals surface area contributed by atoms with E-state index in [0.29, 0.717) is 0 Å². The van der Waals surface area contributed by atoms with Crippen molar-refractivity contribution in [2.45, 2.75) is 31.0 Å². The van der Waals surface area contributed by atoms with Gasteiger partial charge in [-0.1, -0.05) is 24.3 Å². The van der Waals surface area contributed by atoms with Gasteiger partial charge in [0.2, 0.25) is 0 Å². The molecule has 0 spiro atoms. The largest absolute Gasteiger partial charge is 0.416 e. The number of benzene rings is 4. The quantitative estimate of drug-likeness (QED) is 0.120. The van der Waals surface area contributed by atoms with Crippen LogP contribution in [-0.2, 0) is 31.7 Å². The smallest absolute Gasteiger partial charge is 0.388 e. The predicted molar refractivity (Wildman–Crippen MR) is 178 cm³/mol. The Labute approximate surface area is 294 Å². The molecule has 2 N–H and O–H groups in total. The van der Waals surface area contributed by atoms with Crippen molar-refractivity contribution in [3.63, 3.8) is 0 Å². The molecule has 0 aromatic heterocycles. The molecule has 4 aromatic rings. The number of aliphatic hydroxyl groups excluding tert-OH is 2. The van der Waals surface area contributed by atoms with Crippen LogP contribution in [0.15, 0.2) is 103 Å². The summed E-state index contributed by atoms with van der Waals surface area (Å²) in [5.41, 5.74) is 0.884. The van der Waals surface area contributed by atoms with E-state index in [0.717, 1.165) is 54.2 Å². The minimum Gasteiger partial charge on any atom is -0.388 e. The van der Waals surface area contributed by atoms with Crippen molar-refractivity contribution in [1.82, 2.24) is 9.62 Å². The topological polar surface area (TPSA) is 53.4 Å². The van der Waals surface area contributed by atoms with Crippen LogP contribution in [0.5, 0.6) is 0 Å². The molecule has 4 aromatic carbocycles. The zero-order chi connectivity index (χ0) is 36.1. The maximum Gasteiger partial charge on any atom is 0.416 e. The molecule has 1 fully saturated rings. The Morgan fingerprint density at radius 1 is 0.653 bits per heavy atom. The van der Waals surface area contributed by atoms with E-state index in [1.54, 1.807) is 0 Å². The van der Waals surface area contributed by atoms with Crippen LogP contribution in [0.25, 0.3) is 0 Å². The SMILES string of the molecule is CN(C)B1B(N(C)C)N(c2ccccc2)[C](=[Pt])N1c1[c-]cccc1.OC(CC(O)c1ccc(C(F)(F)F)cc1)c1ccc(C(F)(F)F)cc1. The number of anilines is 2. The second kappa shape index (κ2) is 16.1.